The Kier molecular flexibility index (Phi) is 3.99. The Morgan fingerprint density at radius 2 is 1.83 bits per heavy atom. The summed E-state index contributed by atoms with van der Waals surface area (Å²) in [5.74, 6) is 0.492. The van der Waals surface area contributed by atoms with Crippen LogP contribution in [-0.2, 0) is 11.3 Å². The number of fused-ring (bicyclic) bond motifs is 3. The van der Waals surface area contributed by atoms with Crippen LogP contribution in [0, 0.1) is 6.92 Å². The molecule has 4 heteroatoms. The highest BCUT2D eigenvalue weighted by molar-refractivity contribution is 6.16. The average molecular weight is 311 g/mol. The Hall–Kier alpha value is -2.49. The van der Waals surface area contributed by atoms with Gasteiger partial charge in [-0.2, -0.15) is 0 Å². The molecule has 0 aliphatic rings. The van der Waals surface area contributed by atoms with E-state index in [9.17, 15) is 4.79 Å². The van der Waals surface area contributed by atoms with Crippen LogP contribution in [0.1, 0.15) is 29.9 Å². The number of nitrogens with zero attached hydrogens (tertiary/aromatic N) is 1. The van der Waals surface area contributed by atoms with E-state index in [1.165, 1.54) is 0 Å². The Labute approximate surface area is 135 Å². The highest BCUT2D eigenvalue weighted by Crippen LogP contribution is 2.37. The zero-order valence-corrected chi connectivity index (χ0v) is 14.0. The molecule has 0 fully saturated rings. The van der Waals surface area contributed by atoms with Crippen molar-refractivity contribution in [2.45, 2.75) is 27.3 Å². The Balaban J connectivity index is 2.49. The van der Waals surface area contributed by atoms with Gasteiger partial charge in [-0.1, -0.05) is 24.3 Å². The van der Waals surface area contributed by atoms with Crippen LogP contribution in [-0.4, -0.2) is 24.3 Å². The van der Waals surface area contributed by atoms with Gasteiger partial charge < -0.3 is 14.0 Å². The van der Waals surface area contributed by atoms with Crippen molar-refractivity contribution in [3.05, 3.63) is 41.6 Å². The molecule has 0 bridgehead atoms. The number of hydrogen-bond acceptors (Lipinski definition) is 3. The lowest BCUT2D eigenvalue weighted by Gasteiger charge is -2.10. The van der Waals surface area contributed by atoms with Crippen molar-refractivity contribution in [1.82, 2.24) is 4.57 Å². The smallest absolute Gasteiger partial charge is 0.340 e. The number of ether oxygens (including phenoxy) is 2. The molecule has 2 aromatic carbocycles. The molecule has 1 heterocycles. The maximum Gasteiger partial charge on any atom is 0.340 e. The van der Waals surface area contributed by atoms with Crippen LogP contribution >= 0.6 is 0 Å². The maximum atomic E-state index is 12.5. The van der Waals surface area contributed by atoms with Crippen LogP contribution in [0.15, 0.2) is 30.3 Å². The van der Waals surface area contributed by atoms with E-state index in [0.29, 0.717) is 12.2 Å². The minimum atomic E-state index is -0.278. The van der Waals surface area contributed by atoms with Crippen LogP contribution in [0.2, 0.25) is 0 Å². The quantitative estimate of drug-likeness (QED) is 0.674. The zero-order valence-electron chi connectivity index (χ0n) is 14.0. The average Bonchev–Trinajstić information content (AvgIpc) is 2.85. The largest absolute Gasteiger partial charge is 0.496 e. The molecule has 0 amide bonds. The molecule has 3 rings (SSSR count). The zero-order chi connectivity index (χ0) is 16.6. The van der Waals surface area contributed by atoms with Gasteiger partial charge in [-0.15, -0.1) is 0 Å². The van der Waals surface area contributed by atoms with Crippen molar-refractivity contribution in [3.63, 3.8) is 0 Å². The second kappa shape index (κ2) is 5.95. The van der Waals surface area contributed by atoms with Gasteiger partial charge >= 0.3 is 5.97 Å². The second-order valence-corrected chi connectivity index (χ2v) is 5.45. The van der Waals surface area contributed by atoms with Crippen molar-refractivity contribution in [2.24, 2.45) is 0 Å². The number of aryl methyl sites for hydroxylation is 1. The molecule has 0 atom stereocenters. The monoisotopic (exact) mass is 311 g/mol. The number of carbonyl (C=O) groups is 1. The van der Waals surface area contributed by atoms with Gasteiger partial charge in [0.1, 0.15) is 5.75 Å². The second-order valence-electron chi connectivity index (χ2n) is 5.45. The van der Waals surface area contributed by atoms with E-state index < -0.39 is 0 Å². The molecule has 0 radical (unpaired) electrons. The number of benzene rings is 2. The SMILES string of the molecule is CCOC(=O)c1c(C)n(CC)c2c1cc(OC)c1ccccc12. The highest BCUT2D eigenvalue weighted by Gasteiger charge is 2.23. The fourth-order valence-corrected chi connectivity index (χ4v) is 3.33. The fourth-order valence-electron chi connectivity index (χ4n) is 3.33. The van der Waals surface area contributed by atoms with E-state index in [1.807, 2.05) is 38.1 Å². The summed E-state index contributed by atoms with van der Waals surface area (Å²) in [6.45, 7) is 7.03. The fraction of sp³-hybridized carbons (Fsp3) is 0.316. The number of aromatic nitrogens is 1. The molecule has 3 aromatic rings. The van der Waals surface area contributed by atoms with Crippen molar-refractivity contribution < 1.29 is 14.3 Å². The predicted molar refractivity (Wildman–Crippen MR) is 92.4 cm³/mol. The van der Waals surface area contributed by atoms with E-state index in [4.69, 9.17) is 9.47 Å². The topological polar surface area (TPSA) is 40.5 Å². The van der Waals surface area contributed by atoms with Crippen LogP contribution in [0.5, 0.6) is 5.75 Å². The molecular formula is C19H21NO3. The Morgan fingerprint density at radius 1 is 1.13 bits per heavy atom. The van der Waals surface area contributed by atoms with Crippen molar-refractivity contribution >= 4 is 27.6 Å². The van der Waals surface area contributed by atoms with E-state index in [1.54, 1.807) is 7.11 Å². The molecule has 0 saturated carbocycles. The summed E-state index contributed by atoms with van der Waals surface area (Å²) in [4.78, 5) is 12.5. The summed E-state index contributed by atoms with van der Waals surface area (Å²) in [6, 6.07) is 10.1. The van der Waals surface area contributed by atoms with Gasteiger partial charge in [0.05, 0.1) is 24.8 Å². The first kappa shape index (κ1) is 15.4. The van der Waals surface area contributed by atoms with Gasteiger partial charge in [-0.25, -0.2) is 4.79 Å². The van der Waals surface area contributed by atoms with Crippen LogP contribution in [0.3, 0.4) is 0 Å². The molecule has 0 unspecified atom stereocenters. The van der Waals surface area contributed by atoms with Crippen LogP contribution in [0.4, 0.5) is 0 Å². The summed E-state index contributed by atoms with van der Waals surface area (Å²) in [5.41, 5.74) is 2.62. The minimum Gasteiger partial charge on any atom is -0.496 e. The molecule has 0 aliphatic carbocycles. The summed E-state index contributed by atoms with van der Waals surface area (Å²) >= 11 is 0. The Morgan fingerprint density at radius 3 is 2.43 bits per heavy atom. The van der Waals surface area contributed by atoms with E-state index >= 15 is 0 Å². The Bertz CT molecular complexity index is 893. The van der Waals surface area contributed by atoms with Crippen molar-refractivity contribution in [1.29, 1.82) is 0 Å². The minimum absolute atomic E-state index is 0.278. The third kappa shape index (κ3) is 2.25. The molecule has 120 valence electrons. The van der Waals surface area contributed by atoms with Gasteiger partial charge in [0.2, 0.25) is 0 Å². The first-order valence-electron chi connectivity index (χ1n) is 7.89. The number of carbonyl (C=O) groups excluding carboxylic acids is 1. The molecular weight excluding hydrogens is 290 g/mol. The first-order valence-corrected chi connectivity index (χ1v) is 7.89. The van der Waals surface area contributed by atoms with E-state index in [2.05, 4.69) is 17.6 Å². The highest BCUT2D eigenvalue weighted by atomic mass is 16.5. The molecule has 4 nitrogen and oxygen atoms in total. The third-order valence-electron chi connectivity index (χ3n) is 4.30. The van der Waals surface area contributed by atoms with Gasteiger partial charge in [-0.3, -0.25) is 0 Å². The lowest BCUT2D eigenvalue weighted by Crippen LogP contribution is -2.07. The molecule has 23 heavy (non-hydrogen) atoms. The molecule has 0 aliphatic heterocycles. The third-order valence-corrected chi connectivity index (χ3v) is 4.30. The standard InChI is InChI=1S/C19H21NO3/c1-5-20-12(3)17(19(21)23-6-2)15-11-16(22-4)13-9-7-8-10-14(13)18(15)20/h7-11H,5-6H2,1-4H3. The molecule has 0 N–H and O–H groups in total. The number of methoxy groups -OCH3 is 1. The van der Waals surface area contributed by atoms with Crippen LogP contribution in [0.25, 0.3) is 21.7 Å². The first-order chi connectivity index (χ1) is 11.1. The predicted octanol–water partition coefficient (Wildman–Crippen LogP) is 4.31. The lowest BCUT2D eigenvalue weighted by molar-refractivity contribution is 0.0527. The van der Waals surface area contributed by atoms with Crippen molar-refractivity contribution in [2.75, 3.05) is 13.7 Å². The van der Waals surface area contributed by atoms with Gasteiger partial charge in [-0.05, 0) is 26.8 Å². The molecule has 1 aromatic heterocycles. The van der Waals surface area contributed by atoms with Crippen LogP contribution < -0.4 is 4.74 Å². The molecule has 0 spiro atoms. The maximum absolute atomic E-state index is 12.5. The van der Waals surface area contributed by atoms with Gasteiger partial charge in [0, 0.05) is 28.4 Å². The summed E-state index contributed by atoms with van der Waals surface area (Å²) in [6.07, 6.45) is 0. The number of rotatable bonds is 4. The normalized spacial score (nSPS) is 11.1. The number of esters is 1. The van der Waals surface area contributed by atoms with Gasteiger partial charge in [0.15, 0.2) is 0 Å². The summed E-state index contributed by atoms with van der Waals surface area (Å²) < 4.78 is 13.0. The lowest BCUT2D eigenvalue weighted by atomic mass is 10.0. The molecule has 0 saturated heterocycles. The van der Waals surface area contributed by atoms with Gasteiger partial charge in [0.25, 0.3) is 0 Å². The van der Waals surface area contributed by atoms with Crippen molar-refractivity contribution in [3.8, 4) is 5.75 Å². The van der Waals surface area contributed by atoms with E-state index in [-0.39, 0.29) is 5.97 Å². The summed E-state index contributed by atoms with van der Waals surface area (Å²) in [5, 5.41) is 3.02. The van der Waals surface area contributed by atoms with E-state index in [0.717, 1.165) is 39.7 Å². The number of hydrogen-bond donors (Lipinski definition) is 0. The summed E-state index contributed by atoms with van der Waals surface area (Å²) in [7, 11) is 1.65.